The van der Waals surface area contributed by atoms with Crippen LogP contribution in [0.5, 0.6) is 0 Å². The molecule has 0 aliphatic heterocycles. The van der Waals surface area contributed by atoms with Crippen LogP contribution in [0, 0.1) is 0 Å². The van der Waals surface area contributed by atoms with Crippen LogP contribution in [-0.2, 0) is 17.4 Å². The number of nitrogens with zero attached hydrogens (tertiary/aromatic N) is 2. The van der Waals surface area contributed by atoms with Crippen molar-refractivity contribution < 1.29 is 0 Å². The van der Waals surface area contributed by atoms with Gasteiger partial charge in [-0.2, -0.15) is 0 Å². The minimum Gasteiger partial charge on any atom is -0.269 e. The van der Waals surface area contributed by atoms with E-state index in [1.54, 1.807) is 12.1 Å². The quantitative estimate of drug-likeness (QED) is 0.254. The van der Waals surface area contributed by atoms with Gasteiger partial charge >= 0.3 is 0 Å². The van der Waals surface area contributed by atoms with E-state index in [4.69, 9.17) is 0 Å². The SMILES string of the molecule is CCC(C)(CC)c1ccc(Cc2ccc(-n3c(=O)c4cc5c(=O)n(C(C)(C)CC)c(=O)c5cc4c3=O)cc2)cc1. The molecule has 0 amide bonds. The van der Waals surface area contributed by atoms with Crippen LogP contribution in [0.2, 0.25) is 0 Å². The number of fused-ring (bicyclic) bond motifs is 2. The standard InChI is InChI=1S/C34H36N2O4/c1-7-33(4,5)36-31(39)27-19-25-26(20-28(27)32(36)40)30(38)35(29(25)37)24-16-12-22(13-17-24)18-21-10-14-23(15-11-21)34(6,8-2)9-3/h10-17,19-20H,7-9,18H2,1-6H3. The van der Waals surface area contributed by atoms with Gasteiger partial charge in [-0.05, 0) is 85.9 Å². The Morgan fingerprint density at radius 1 is 0.575 bits per heavy atom. The summed E-state index contributed by atoms with van der Waals surface area (Å²) in [6.07, 6.45) is 3.50. The summed E-state index contributed by atoms with van der Waals surface area (Å²) >= 11 is 0. The van der Waals surface area contributed by atoms with Crippen LogP contribution in [-0.4, -0.2) is 9.13 Å². The Balaban J connectivity index is 1.49. The molecule has 3 aromatic carbocycles. The predicted octanol–water partition coefficient (Wildman–Crippen LogP) is 5.72. The molecule has 0 spiro atoms. The first-order valence-electron chi connectivity index (χ1n) is 14.1. The minimum atomic E-state index is -0.674. The highest BCUT2D eigenvalue weighted by Gasteiger charge is 2.27. The fraction of sp³-hybridized carbons (Fsp3) is 0.353. The summed E-state index contributed by atoms with van der Waals surface area (Å²) in [5.41, 5.74) is 1.72. The van der Waals surface area contributed by atoms with Crippen LogP contribution < -0.4 is 22.2 Å². The smallest absolute Gasteiger partial charge is 0.266 e. The van der Waals surface area contributed by atoms with Gasteiger partial charge in [-0.3, -0.25) is 23.7 Å². The zero-order chi connectivity index (χ0) is 29.0. The second-order valence-electron chi connectivity index (χ2n) is 11.8. The van der Waals surface area contributed by atoms with E-state index in [2.05, 4.69) is 45.0 Å². The number of hydrogen-bond acceptors (Lipinski definition) is 4. The molecule has 0 atom stereocenters. The van der Waals surface area contributed by atoms with Crippen molar-refractivity contribution in [1.29, 1.82) is 0 Å². The van der Waals surface area contributed by atoms with Crippen molar-refractivity contribution in [2.24, 2.45) is 0 Å². The van der Waals surface area contributed by atoms with Crippen molar-refractivity contribution in [3.05, 3.63) is 119 Å². The van der Waals surface area contributed by atoms with Crippen molar-refractivity contribution in [2.45, 2.75) is 78.2 Å². The summed E-state index contributed by atoms with van der Waals surface area (Å²) in [6.45, 7) is 12.3. The molecular formula is C34H36N2O4. The van der Waals surface area contributed by atoms with E-state index in [1.807, 2.05) is 32.9 Å². The molecule has 5 aromatic rings. The van der Waals surface area contributed by atoms with E-state index in [1.165, 1.54) is 27.8 Å². The fourth-order valence-corrected chi connectivity index (χ4v) is 5.60. The lowest BCUT2D eigenvalue weighted by Gasteiger charge is -2.27. The van der Waals surface area contributed by atoms with Crippen LogP contribution in [0.1, 0.15) is 77.5 Å². The lowest BCUT2D eigenvalue weighted by atomic mass is 9.77. The van der Waals surface area contributed by atoms with Gasteiger partial charge in [-0.25, -0.2) is 4.57 Å². The van der Waals surface area contributed by atoms with E-state index in [-0.39, 0.29) is 27.0 Å². The largest absolute Gasteiger partial charge is 0.269 e. The maximum atomic E-state index is 13.4. The molecule has 0 radical (unpaired) electrons. The lowest BCUT2D eigenvalue weighted by molar-refractivity contribution is 0.328. The Morgan fingerprint density at radius 3 is 1.43 bits per heavy atom. The first-order valence-corrected chi connectivity index (χ1v) is 14.1. The molecule has 6 nitrogen and oxygen atoms in total. The van der Waals surface area contributed by atoms with Crippen molar-refractivity contribution >= 4 is 21.5 Å². The van der Waals surface area contributed by atoms with Gasteiger partial charge in [0.1, 0.15) is 0 Å². The first-order chi connectivity index (χ1) is 19.0. The van der Waals surface area contributed by atoms with E-state index < -0.39 is 27.8 Å². The second-order valence-corrected chi connectivity index (χ2v) is 11.8. The zero-order valence-corrected chi connectivity index (χ0v) is 24.1. The molecule has 0 unspecified atom stereocenters. The number of aromatic nitrogens is 2. The summed E-state index contributed by atoms with van der Waals surface area (Å²) in [6, 6.07) is 19.0. The molecular weight excluding hydrogens is 500 g/mol. The normalized spacial score (nSPS) is 12.6. The highest BCUT2D eigenvalue weighted by Crippen LogP contribution is 2.31. The van der Waals surface area contributed by atoms with Gasteiger partial charge in [-0.15, -0.1) is 0 Å². The van der Waals surface area contributed by atoms with Crippen LogP contribution in [0.25, 0.3) is 27.2 Å². The molecule has 0 aliphatic carbocycles. The highest BCUT2D eigenvalue weighted by atomic mass is 16.2. The molecule has 206 valence electrons. The second kappa shape index (κ2) is 9.84. The topological polar surface area (TPSA) is 78.1 Å². The molecule has 0 N–H and O–H groups in total. The molecule has 6 heteroatoms. The summed E-state index contributed by atoms with van der Waals surface area (Å²) in [4.78, 5) is 53.0. The molecule has 0 fully saturated rings. The van der Waals surface area contributed by atoms with Gasteiger partial charge in [0.2, 0.25) is 0 Å². The zero-order valence-electron chi connectivity index (χ0n) is 24.1. The molecule has 0 saturated carbocycles. The van der Waals surface area contributed by atoms with Crippen LogP contribution in [0.4, 0.5) is 0 Å². The molecule has 40 heavy (non-hydrogen) atoms. The van der Waals surface area contributed by atoms with Gasteiger partial charge in [0.15, 0.2) is 0 Å². The van der Waals surface area contributed by atoms with Gasteiger partial charge in [-0.1, -0.05) is 64.1 Å². The molecule has 2 heterocycles. The minimum absolute atomic E-state index is 0.149. The molecule has 0 saturated heterocycles. The fourth-order valence-electron chi connectivity index (χ4n) is 5.60. The molecule has 5 rings (SSSR count). The van der Waals surface area contributed by atoms with Gasteiger partial charge in [0.25, 0.3) is 22.2 Å². The van der Waals surface area contributed by atoms with E-state index >= 15 is 0 Å². The molecule has 2 aromatic heterocycles. The van der Waals surface area contributed by atoms with Crippen LogP contribution in [0.15, 0.2) is 79.8 Å². The van der Waals surface area contributed by atoms with Gasteiger partial charge < -0.3 is 0 Å². The Labute approximate surface area is 233 Å². The Bertz CT molecular complexity index is 1850. The third kappa shape index (κ3) is 4.26. The Hall–Kier alpha value is -4.06. The number of benzene rings is 3. The number of hydrogen-bond donors (Lipinski definition) is 0. The monoisotopic (exact) mass is 536 g/mol. The highest BCUT2D eigenvalue weighted by molar-refractivity contribution is 5.98. The van der Waals surface area contributed by atoms with Crippen molar-refractivity contribution in [1.82, 2.24) is 9.13 Å². The Kier molecular flexibility index (Phi) is 6.77. The molecule has 0 bridgehead atoms. The Morgan fingerprint density at radius 2 is 1.00 bits per heavy atom. The third-order valence-corrected chi connectivity index (χ3v) is 9.18. The summed E-state index contributed by atoms with van der Waals surface area (Å²) < 4.78 is 2.36. The first kappa shape index (κ1) is 27.5. The van der Waals surface area contributed by atoms with Crippen LogP contribution >= 0.6 is 0 Å². The maximum Gasteiger partial charge on any atom is 0.266 e. The van der Waals surface area contributed by atoms with Crippen molar-refractivity contribution in [2.75, 3.05) is 0 Å². The average molecular weight is 537 g/mol. The van der Waals surface area contributed by atoms with Crippen LogP contribution in [0.3, 0.4) is 0 Å². The lowest BCUT2D eigenvalue weighted by Crippen LogP contribution is -2.40. The maximum absolute atomic E-state index is 13.4. The number of rotatable bonds is 8. The average Bonchev–Trinajstić information content (AvgIpc) is 3.36. The summed E-state index contributed by atoms with van der Waals surface area (Å²) in [5, 5.41) is 0.647. The van der Waals surface area contributed by atoms with Gasteiger partial charge in [0, 0.05) is 5.54 Å². The third-order valence-electron chi connectivity index (χ3n) is 9.18. The van der Waals surface area contributed by atoms with Crippen molar-refractivity contribution in [3.8, 4) is 5.69 Å². The van der Waals surface area contributed by atoms with Gasteiger partial charge in [0.05, 0.1) is 27.2 Å². The van der Waals surface area contributed by atoms with Crippen molar-refractivity contribution in [3.63, 3.8) is 0 Å². The van der Waals surface area contributed by atoms with E-state index in [9.17, 15) is 19.2 Å². The predicted molar refractivity (Wildman–Crippen MR) is 163 cm³/mol. The summed E-state index contributed by atoms with van der Waals surface area (Å²) in [5.74, 6) is 0. The van der Waals surface area contributed by atoms with E-state index in [0.29, 0.717) is 12.1 Å². The summed E-state index contributed by atoms with van der Waals surface area (Å²) in [7, 11) is 0. The molecule has 0 aliphatic rings. The van der Waals surface area contributed by atoms with E-state index in [0.717, 1.165) is 29.4 Å².